The Hall–Kier alpha value is -1.69. The fourth-order valence-electron chi connectivity index (χ4n) is 6.33. The highest BCUT2D eigenvalue weighted by Gasteiger charge is 2.26. The third kappa shape index (κ3) is 34.7. The van der Waals surface area contributed by atoms with Gasteiger partial charge < -0.3 is 20.6 Å². The summed E-state index contributed by atoms with van der Waals surface area (Å²) in [6.07, 6.45) is 50.7. The van der Waals surface area contributed by atoms with Crippen LogP contribution in [0.3, 0.4) is 0 Å². The minimum atomic E-state index is -1.17. The van der Waals surface area contributed by atoms with Gasteiger partial charge in [-0.1, -0.05) is 172 Å². The second-order valence-electron chi connectivity index (χ2n) is 14.5. The molecule has 5 nitrogen and oxygen atoms in total. The molecule has 292 valence electrons. The zero-order valence-corrected chi connectivity index (χ0v) is 33.0. The molecule has 0 radical (unpaired) electrons. The Bertz CT molecular complexity index is 820. The first-order chi connectivity index (χ1) is 24.6. The summed E-state index contributed by atoms with van der Waals surface area (Å²) in [4.78, 5) is 12.4. The molecule has 0 saturated carbocycles. The molecule has 0 aliphatic carbocycles. The summed E-state index contributed by atoms with van der Waals surface area (Å²) in [7, 11) is 0. The lowest BCUT2D eigenvalue weighted by atomic mass is 10.0. The summed E-state index contributed by atoms with van der Waals surface area (Å²) in [6.45, 7) is 4.05. The zero-order valence-electron chi connectivity index (χ0n) is 33.0. The largest absolute Gasteiger partial charge is 0.394 e. The van der Waals surface area contributed by atoms with Crippen molar-refractivity contribution >= 4 is 5.91 Å². The van der Waals surface area contributed by atoms with Crippen molar-refractivity contribution in [3.05, 3.63) is 48.6 Å². The van der Waals surface area contributed by atoms with Gasteiger partial charge in [-0.25, -0.2) is 0 Å². The van der Waals surface area contributed by atoms with Gasteiger partial charge in [-0.15, -0.1) is 0 Å². The van der Waals surface area contributed by atoms with Crippen molar-refractivity contribution < 1.29 is 20.1 Å². The first-order valence-corrected chi connectivity index (χ1v) is 21.4. The quantitative estimate of drug-likeness (QED) is 0.0381. The molecule has 0 bridgehead atoms. The molecule has 0 spiro atoms. The number of unbranched alkanes of at least 4 members (excludes halogenated alkanes) is 22. The lowest BCUT2D eigenvalue weighted by Crippen LogP contribution is -2.50. The lowest BCUT2D eigenvalue weighted by molar-refractivity contribution is -0.124. The highest BCUT2D eigenvalue weighted by Crippen LogP contribution is 2.15. The van der Waals surface area contributed by atoms with Crippen LogP contribution in [0, 0.1) is 0 Å². The Kier molecular flexibility index (Phi) is 38.7. The predicted molar refractivity (Wildman–Crippen MR) is 217 cm³/mol. The summed E-state index contributed by atoms with van der Waals surface area (Å²) in [5, 5.41) is 33.5. The number of aliphatic hydroxyl groups excluding tert-OH is 3. The van der Waals surface area contributed by atoms with Crippen LogP contribution < -0.4 is 5.32 Å². The Morgan fingerprint density at radius 3 is 1.44 bits per heavy atom. The Labute approximate surface area is 310 Å². The SMILES string of the molecule is CC/C=C\C/C=C\CCCCCCCCCCCCCCCCC(=O)NC(CO)C(O)C(O)CCC/C=C/CC/C=C/CCCCCCCC. The molecule has 4 N–H and O–H groups in total. The van der Waals surface area contributed by atoms with E-state index in [2.05, 4.69) is 67.8 Å². The number of hydrogen-bond donors (Lipinski definition) is 4. The van der Waals surface area contributed by atoms with Crippen molar-refractivity contribution in [2.75, 3.05) is 6.61 Å². The van der Waals surface area contributed by atoms with Crippen LogP contribution >= 0.6 is 0 Å². The number of carbonyl (C=O) groups excluding carboxylic acids is 1. The summed E-state index contributed by atoms with van der Waals surface area (Å²) in [5.74, 6) is -0.161. The van der Waals surface area contributed by atoms with E-state index in [9.17, 15) is 20.1 Å². The van der Waals surface area contributed by atoms with Crippen LogP contribution in [0.1, 0.15) is 206 Å². The molecule has 0 rings (SSSR count). The van der Waals surface area contributed by atoms with Gasteiger partial charge in [-0.05, 0) is 77.0 Å². The van der Waals surface area contributed by atoms with Crippen LogP contribution in [-0.2, 0) is 4.79 Å². The van der Waals surface area contributed by atoms with Gasteiger partial charge in [-0.2, -0.15) is 0 Å². The van der Waals surface area contributed by atoms with Crippen molar-refractivity contribution in [1.29, 1.82) is 0 Å². The molecule has 0 aromatic rings. The Morgan fingerprint density at radius 1 is 0.520 bits per heavy atom. The predicted octanol–water partition coefficient (Wildman–Crippen LogP) is 12.2. The molecule has 0 aliphatic rings. The molecule has 3 unspecified atom stereocenters. The van der Waals surface area contributed by atoms with E-state index in [0.717, 1.165) is 57.8 Å². The summed E-state index contributed by atoms with van der Waals surface area (Å²) in [6, 6.07) is -0.832. The molecule has 1 amide bonds. The monoisotopic (exact) mass is 702 g/mol. The van der Waals surface area contributed by atoms with Crippen LogP contribution in [0.4, 0.5) is 0 Å². The highest BCUT2D eigenvalue weighted by molar-refractivity contribution is 5.76. The average molecular weight is 702 g/mol. The smallest absolute Gasteiger partial charge is 0.220 e. The van der Waals surface area contributed by atoms with Gasteiger partial charge in [0.15, 0.2) is 0 Å². The average Bonchev–Trinajstić information content (AvgIpc) is 3.12. The van der Waals surface area contributed by atoms with E-state index in [4.69, 9.17) is 0 Å². The standard InChI is InChI=1S/C45H83NO4/c1-3-5-7-9-11-13-15-17-19-20-21-22-23-24-26-28-30-32-34-36-38-40-44(49)46-42(41-47)45(50)43(48)39-37-35-33-31-29-27-25-18-16-14-12-10-8-6-4-2/h5,7,11,13,18,25,31,33,42-43,45,47-48,50H,3-4,6,8-10,12,14-17,19-24,26-30,32,34-41H2,1-2H3,(H,46,49)/b7-5-,13-11-,25-18+,33-31+. The molecule has 50 heavy (non-hydrogen) atoms. The molecular weight excluding hydrogens is 618 g/mol. The van der Waals surface area contributed by atoms with E-state index in [-0.39, 0.29) is 12.5 Å². The Morgan fingerprint density at radius 2 is 0.940 bits per heavy atom. The third-order valence-corrected chi connectivity index (χ3v) is 9.64. The zero-order chi connectivity index (χ0) is 36.6. The van der Waals surface area contributed by atoms with Gasteiger partial charge in [-0.3, -0.25) is 4.79 Å². The van der Waals surface area contributed by atoms with Crippen molar-refractivity contribution in [3.63, 3.8) is 0 Å². The molecule has 0 fully saturated rings. The normalized spacial score (nSPS) is 14.1. The minimum absolute atomic E-state index is 0.161. The van der Waals surface area contributed by atoms with Crippen molar-refractivity contribution in [2.24, 2.45) is 0 Å². The summed E-state index contributed by atoms with van der Waals surface area (Å²) in [5.41, 5.74) is 0. The van der Waals surface area contributed by atoms with Crippen LogP contribution in [0.2, 0.25) is 0 Å². The maximum Gasteiger partial charge on any atom is 0.220 e. The highest BCUT2D eigenvalue weighted by atomic mass is 16.3. The number of allylic oxidation sites excluding steroid dienone is 8. The van der Waals surface area contributed by atoms with Gasteiger partial charge >= 0.3 is 0 Å². The van der Waals surface area contributed by atoms with Crippen LogP contribution in [0.25, 0.3) is 0 Å². The molecule has 5 heteroatoms. The van der Waals surface area contributed by atoms with Crippen LogP contribution in [-0.4, -0.2) is 46.1 Å². The fraction of sp³-hybridized carbons (Fsp3) is 0.800. The number of nitrogens with one attached hydrogen (secondary N) is 1. The minimum Gasteiger partial charge on any atom is -0.394 e. The third-order valence-electron chi connectivity index (χ3n) is 9.64. The lowest BCUT2D eigenvalue weighted by Gasteiger charge is -2.26. The molecule has 0 aromatic heterocycles. The summed E-state index contributed by atoms with van der Waals surface area (Å²) >= 11 is 0. The van der Waals surface area contributed by atoms with Gasteiger partial charge in [0.2, 0.25) is 5.91 Å². The Balaban J connectivity index is 3.67. The van der Waals surface area contributed by atoms with E-state index in [1.54, 1.807) is 0 Å². The second kappa shape index (κ2) is 40.1. The fourth-order valence-corrected chi connectivity index (χ4v) is 6.33. The maximum absolute atomic E-state index is 12.4. The number of amides is 1. The van der Waals surface area contributed by atoms with E-state index >= 15 is 0 Å². The van der Waals surface area contributed by atoms with Crippen molar-refractivity contribution in [3.8, 4) is 0 Å². The number of rotatable bonds is 38. The number of hydrogen-bond acceptors (Lipinski definition) is 4. The van der Waals surface area contributed by atoms with Crippen LogP contribution in [0.15, 0.2) is 48.6 Å². The van der Waals surface area contributed by atoms with Gasteiger partial charge in [0.25, 0.3) is 0 Å². The molecule has 0 aliphatic heterocycles. The summed E-state index contributed by atoms with van der Waals surface area (Å²) < 4.78 is 0. The van der Waals surface area contributed by atoms with Gasteiger partial charge in [0.1, 0.15) is 6.10 Å². The van der Waals surface area contributed by atoms with Crippen LogP contribution in [0.5, 0.6) is 0 Å². The molecular formula is C45H83NO4. The number of aliphatic hydroxyl groups is 3. The molecule has 0 aromatic carbocycles. The van der Waals surface area contributed by atoms with Gasteiger partial charge in [0, 0.05) is 6.42 Å². The van der Waals surface area contributed by atoms with Gasteiger partial charge in [0.05, 0.1) is 18.8 Å². The maximum atomic E-state index is 12.4. The van der Waals surface area contributed by atoms with Crippen molar-refractivity contribution in [2.45, 2.75) is 225 Å². The second-order valence-corrected chi connectivity index (χ2v) is 14.5. The van der Waals surface area contributed by atoms with E-state index in [1.165, 1.54) is 122 Å². The van der Waals surface area contributed by atoms with E-state index in [1.807, 2.05) is 0 Å². The van der Waals surface area contributed by atoms with E-state index in [0.29, 0.717) is 12.8 Å². The van der Waals surface area contributed by atoms with E-state index < -0.39 is 18.2 Å². The molecule has 3 atom stereocenters. The first kappa shape index (κ1) is 48.3. The first-order valence-electron chi connectivity index (χ1n) is 21.4. The van der Waals surface area contributed by atoms with Crippen molar-refractivity contribution in [1.82, 2.24) is 5.32 Å². The number of carbonyl (C=O) groups is 1. The molecule has 0 heterocycles. The molecule has 0 saturated heterocycles. The topological polar surface area (TPSA) is 89.8 Å².